The second kappa shape index (κ2) is 6.48. The van der Waals surface area contributed by atoms with E-state index in [-0.39, 0.29) is 4.90 Å². The van der Waals surface area contributed by atoms with Crippen LogP contribution in [0.2, 0.25) is 0 Å². The van der Waals surface area contributed by atoms with Gasteiger partial charge in [-0.25, -0.2) is 13.4 Å². The van der Waals surface area contributed by atoms with Gasteiger partial charge in [0.25, 0.3) is 0 Å². The van der Waals surface area contributed by atoms with E-state index in [4.69, 9.17) is 5.73 Å². The third-order valence-corrected chi connectivity index (χ3v) is 3.89. The van der Waals surface area contributed by atoms with Gasteiger partial charge in [0.05, 0.1) is 10.9 Å². The van der Waals surface area contributed by atoms with Gasteiger partial charge in [0.15, 0.2) is 0 Å². The Kier molecular flexibility index (Phi) is 5.25. The molecule has 1 unspecified atom stereocenters. The van der Waals surface area contributed by atoms with Crippen molar-refractivity contribution in [2.45, 2.75) is 31.2 Å². The highest BCUT2D eigenvalue weighted by Crippen LogP contribution is 2.13. The summed E-state index contributed by atoms with van der Waals surface area (Å²) < 4.78 is 26.2. The minimum Gasteiger partial charge on any atom is -0.370 e. The van der Waals surface area contributed by atoms with E-state index in [9.17, 15) is 13.2 Å². The first kappa shape index (κ1) is 15.4. The third-order valence-electron chi connectivity index (χ3n) is 2.36. The number of rotatable bonds is 7. The molecule has 0 bridgehead atoms. The first-order valence-corrected chi connectivity index (χ1v) is 7.36. The van der Waals surface area contributed by atoms with Crippen LogP contribution in [0, 0.1) is 0 Å². The molecule has 1 heterocycles. The van der Waals surface area contributed by atoms with Gasteiger partial charge in [-0.05, 0) is 19.4 Å². The number of carbonyl (C=O) groups excluding carboxylic acids is 1. The summed E-state index contributed by atoms with van der Waals surface area (Å²) in [6, 6.07) is 1.80. The van der Waals surface area contributed by atoms with E-state index in [1.807, 2.05) is 6.92 Å². The fraction of sp³-hybridized carbons (Fsp3) is 0.455. The van der Waals surface area contributed by atoms with Gasteiger partial charge in [0.2, 0.25) is 15.9 Å². The second-order valence-corrected chi connectivity index (χ2v) is 5.76. The molecule has 7 nitrogen and oxygen atoms in total. The summed E-state index contributed by atoms with van der Waals surface area (Å²) in [4.78, 5) is 14.9. The Labute approximate surface area is 112 Å². The highest BCUT2D eigenvalue weighted by Gasteiger charge is 2.20. The fourth-order valence-electron chi connectivity index (χ4n) is 1.29. The van der Waals surface area contributed by atoms with Gasteiger partial charge in [0.1, 0.15) is 5.82 Å². The maximum Gasteiger partial charge on any atom is 0.241 e. The Morgan fingerprint density at radius 3 is 2.79 bits per heavy atom. The standard InChI is InChI=1S/C11H18N4O3S/c1-3-5-13-10-7-9(4-6-14-10)19(17,18)15-8(2)11(12)16/h4,6-8,15H,3,5H2,1-2H3,(H2,12,16)(H,13,14). The van der Waals surface area contributed by atoms with Crippen molar-refractivity contribution < 1.29 is 13.2 Å². The molecular weight excluding hydrogens is 268 g/mol. The number of amides is 1. The summed E-state index contributed by atoms with van der Waals surface area (Å²) >= 11 is 0. The van der Waals surface area contributed by atoms with Crippen molar-refractivity contribution in [1.82, 2.24) is 9.71 Å². The number of aromatic nitrogens is 1. The average molecular weight is 286 g/mol. The maximum atomic E-state index is 12.0. The molecule has 106 valence electrons. The van der Waals surface area contributed by atoms with E-state index >= 15 is 0 Å². The van der Waals surface area contributed by atoms with E-state index in [1.165, 1.54) is 25.3 Å². The lowest BCUT2D eigenvalue weighted by Crippen LogP contribution is -2.42. The molecule has 8 heteroatoms. The largest absolute Gasteiger partial charge is 0.370 e. The van der Waals surface area contributed by atoms with E-state index in [0.29, 0.717) is 12.4 Å². The smallest absolute Gasteiger partial charge is 0.241 e. The summed E-state index contributed by atoms with van der Waals surface area (Å²) in [5.41, 5.74) is 5.03. The molecule has 1 aromatic rings. The van der Waals surface area contributed by atoms with E-state index in [0.717, 1.165) is 6.42 Å². The van der Waals surface area contributed by atoms with E-state index in [1.54, 1.807) is 0 Å². The molecule has 0 aliphatic rings. The summed E-state index contributed by atoms with van der Waals surface area (Å²) in [5.74, 6) is -0.265. The Morgan fingerprint density at radius 2 is 2.21 bits per heavy atom. The van der Waals surface area contributed by atoms with Crippen LogP contribution >= 0.6 is 0 Å². The monoisotopic (exact) mass is 286 g/mol. The quantitative estimate of drug-likeness (QED) is 0.655. The van der Waals surface area contributed by atoms with Gasteiger partial charge >= 0.3 is 0 Å². The minimum atomic E-state index is -3.78. The molecule has 1 aromatic heterocycles. The first-order chi connectivity index (χ1) is 8.86. The Hall–Kier alpha value is -1.67. The van der Waals surface area contributed by atoms with Crippen LogP contribution in [0.1, 0.15) is 20.3 Å². The number of nitrogens with zero attached hydrogens (tertiary/aromatic N) is 1. The van der Waals surface area contributed by atoms with Crippen LogP contribution in [0.15, 0.2) is 23.2 Å². The Morgan fingerprint density at radius 1 is 1.53 bits per heavy atom. The van der Waals surface area contributed by atoms with Gasteiger partial charge < -0.3 is 11.1 Å². The first-order valence-electron chi connectivity index (χ1n) is 5.88. The molecule has 0 aliphatic heterocycles. The van der Waals surface area contributed by atoms with Crippen LogP contribution in [0.3, 0.4) is 0 Å². The molecule has 0 fully saturated rings. The molecule has 0 radical (unpaired) electrons. The summed E-state index contributed by atoms with van der Waals surface area (Å²) in [5, 5.41) is 2.99. The Balaban J connectivity index is 2.92. The predicted octanol–water partition coefficient (Wildman–Crippen LogP) is 0.0556. The van der Waals surface area contributed by atoms with Crippen molar-refractivity contribution in [3.63, 3.8) is 0 Å². The normalized spacial score (nSPS) is 12.9. The number of nitrogens with two attached hydrogens (primary N) is 1. The highest BCUT2D eigenvalue weighted by molar-refractivity contribution is 7.89. The molecular formula is C11H18N4O3S. The number of carbonyl (C=O) groups is 1. The molecule has 1 amide bonds. The van der Waals surface area contributed by atoms with E-state index in [2.05, 4.69) is 15.0 Å². The molecule has 0 aromatic carbocycles. The fourth-order valence-corrected chi connectivity index (χ4v) is 2.51. The second-order valence-electron chi connectivity index (χ2n) is 4.05. The number of pyridine rings is 1. The number of nitrogens with one attached hydrogen (secondary N) is 2. The molecule has 19 heavy (non-hydrogen) atoms. The molecule has 1 atom stereocenters. The van der Waals surface area contributed by atoms with Gasteiger partial charge in [0, 0.05) is 18.8 Å². The Bertz CT molecular complexity index is 545. The predicted molar refractivity (Wildman–Crippen MR) is 72.0 cm³/mol. The third kappa shape index (κ3) is 4.49. The number of hydrogen-bond donors (Lipinski definition) is 3. The molecule has 1 rings (SSSR count). The summed E-state index contributed by atoms with van der Waals surface area (Å²) in [7, 11) is -3.78. The van der Waals surface area contributed by atoms with Crippen LogP contribution in [0.4, 0.5) is 5.82 Å². The van der Waals surface area contributed by atoms with Gasteiger partial charge in [-0.3, -0.25) is 4.79 Å². The molecule has 0 saturated heterocycles. The number of hydrogen-bond acceptors (Lipinski definition) is 5. The lowest BCUT2D eigenvalue weighted by atomic mass is 10.4. The molecule has 4 N–H and O–H groups in total. The average Bonchev–Trinajstić information content (AvgIpc) is 2.36. The zero-order valence-corrected chi connectivity index (χ0v) is 11.7. The molecule has 0 spiro atoms. The van der Waals surface area contributed by atoms with Crippen molar-refractivity contribution in [2.75, 3.05) is 11.9 Å². The van der Waals surface area contributed by atoms with Crippen molar-refractivity contribution >= 4 is 21.7 Å². The zero-order chi connectivity index (χ0) is 14.5. The summed E-state index contributed by atoms with van der Waals surface area (Å²) in [6.45, 7) is 4.07. The van der Waals surface area contributed by atoms with Crippen LogP contribution in [-0.2, 0) is 14.8 Å². The number of anilines is 1. The lowest BCUT2D eigenvalue weighted by molar-refractivity contribution is -0.119. The lowest BCUT2D eigenvalue weighted by Gasteiger charge is -2.11. The van der Waals surface area contributed by atoms with Crippen LogP contribution in [-0.4, -0.2) is 31.9 Å². The van der Waals surface area contributed by atoms with Crippen molar-refractivity contribution in [2.24, 2.45) is 5.73 Å². The topological polar surface area (TPSA) is 114 Å². The van der Waals surface area contributed by atoms with Crippen LogP contribution in [0.25, 0.3) is 0 Å². The molecule has 0 aliphatic carbocycles. The highest BCUT2D eigenvalue weighted by atomic mass is 32.2. The zero-order valence-electron chi connectivity index (χ0n) is 10.9. The van der Waals surface area contributed by atoms with Crippen LogP contribution < -0.4 is 15.8 Å². The minimum absolute atomic E-state index is 0.0363. The number of primary amides is 1. The van der Waals surface area contributed by atoms with Crippen molar-refractivity contribution in [3.05, 3.63) is 18.3 Å². The van der Waals surface area contributed by atoms with Gasteiger partial charge in [-0.2, -0.15) is 4.72 Å². The van der Waals surface area contributed by atoms with Gasteiger partial charge in [-0.1, -0.05) is 6.92 Å². The van der Waals surface area contributed by atoms with Crippen molar-refractivity contribution in [3.8, 4) is 0 Å². The summed E-state index contributed by atoms with van der Waals surface area (Å²) in [6.07, 6.45) is 2.29. The van der Waals surface area contributed by atoms with Crippen LogP contribution in [0.5, 0.6) is 0 Å². The maximum absolute atomic E-state index is 12.0. The number of sulfonamides is 1. The van der Waals surface area contributed by atoms with Gasteiger partial charge in [-0.15, -0.1) is 0 Å². The molecule has 0 saturated carbocycles. The SMILES string of the molecule is CCCNc1cc(S(=O)(=O)NC(C)C(N)=O)ccn1. The van der Waals surface area contributed by atoms with E-state index < -0.39 is 22.0 Å². The van der Waals surface area contributed by atoms with Crippen molar-refractivity contribution in [1.29, 1.82) is 0 Å².